The number of carbonyl (C=O) groups is 2. The molecule has 0 atom stereocenters. The van der Waals surface area contributed by atoms with Crippen LogP contribution < -0.4 is 0 Å². The monoisotopic (exact) mass is 336 g/mol. The minimum atomic E-state index is -0.335. The number of carbonyl (C=O) groups excluding carboxylic acids is 2. The molecule has 0 radical (unpaired) electrons. The second-order valence-corrected chi connectivity index (χ2v) is 5.71. The second-order valence-electron chi connectivity index (χ2n) is 5.27. The molecule has 1 fully saturated rings. The molecule has 1 aromatic heterocycles. The molecule has 0 spiro atoms. The molecular formula is C16H17ClN2O4. The normalized spacial score (nSPS) is 15.0. The number of fused-ring (bicyclic) bond motifs is 1. The fourth-order valence-electron chi connectivity index (χ4n) is 2.58. The molecule has 1 aromatic carbocycles. The highest BCUT2D eigenvalue weighted by Gasteiger charge is 2.27. The van der Waals surface area contributed by atoms with Gasteiger partial charge in [-0.1, -0.05) is 11.6 Å². The van der Waals surface area contributed by atoms with Crippen LogP contribution in [0.5, 0.6) is 0 Å². The van der Waals surface area contributed by atoms with Crippen molar-refractivity contribution in [1.29, 1.82) is 0 Å². The fourth-order valence-corrected chi connectivity index (χ4v) is 2.76. The lowest BCUT2D eigenvalue weighted by Crippen LogP contribution is -2.50. The highest BCUT2D eigenvalue weighted by molar-refractivity contribution is 6.31. The lowest BCUT2D eigenvalue weighted by Gasteiger charge is -2.33. The highest BCUT2D eigenvalue weighted by Crippen LogP contribution is 2.24. The molecule has 6 nitrogen and oxygen atoms in total. The van der Waals surface area contributed by atoms with E-state index < -0.39 is 0 Å². The molecular weight excluding hydrogens is 320 g/mol. The van der Waals surface area contributed by atoms with E-state index in [1.807, 2.05) is 0 Å². The molecule has 2 heterocycles. The number of hydrogen-bond donors (Lipinski definition) is 0. The largest absolute Gasteiger partial charge is 0.451 e. The van der Waals surface area contributed by atoms with Crippen LogP contribution in [0, 0.1) is 0 Å². The number of furan rings is 1. The van der Waals surface area contributed by atoms with Crippen LogP contribution in [0.1, 0.15) is 17.5 Å². The number of hydrogen-bond acceptors (Lipinski definition) is 4. The summed E-state index contributed by atoms with van der Waals surface area (Å²) in [6, 6.07) is 6.92. The highest BCUT2D eigenvalue weighted by atomic mass is 35.5. The SMILES string of the molecule is CCOC(=O)N1CCN(C(=O)c2cc3cc(Cl)ccc3o2)CC1. The zero-order valence-corrected chi connectivity index (χ0v) is 13.5. The summed E-state index contributed by atoms with van der Waals surface area (Å²) in [5.74, 6) is 0.104. The van der Waals surface area contributed by atoms with Gasteiger partial charge >= 0.3 is 6.09 Å². The molecule has 1 aliphatic rings. The van der Waals surface area contributed by atoms with Crippen LogP contribution >= 0.6 is 11.6 Å². The van der Waals surface area contributed by atoms with Crippen LogP contribution in [0.25, 0.3) is 11.0 Å². The number of rotatable bonds is 2. The van der Waals surface area contributed by atoms with E-state index in [0.717, 1.165) is 5.39 Å². The van der Waals surface area contributed by atoms with Crippen molar-refractivity contribution < 1.29 is 18.7 Å². The van der Waals surface area contributed by atoms with Crippen LogP contribution in [0.2, 0.25) is 5.02 Å². The Bertz CT molecular complexity index is 735. The topological polar surface area (TPSA) is 63.0 Å². The minimum Gasteiger partial charge on any atom is -0.451 e. The van der Waals surface area contributed by atoms with Crippen LogP contribution in [-0.2, 0) is 4.74 Å². The second kappa shape index (κ2) is 6.50. The summed E-state index contributed by atoms with van der Waals surface area (Å²) in [6.07, 6.45) is -0.335. The molecule has 0 N–H and O–H groups in total. The van der Waals surface area contributed by atoms with Gasteiger partial charge in [0.15, 0.2) is 5.76 Å². The van der Waals surface area contributed by atoms with Crippen molar-refractivity contribution in [2.24, 2.45) is 0 Å². The van der Waals surface area contributed by atoms with E-state index in [-0.39, 0.29) is 17.8 Å². The molecule has 3 rings (SSSR count). The van der Waals surface area contributed by atoms with Crippen molar-refractivity contribution in [2.75, 3.05) is 32.8 Å². The van der Waals surface area contributed by atoms with E-state index in [9.17, 15) is 9.59 Å². The number of piperazine rings is 1. The van der Waals surface area contributed by atoms with Crippen LogP contribution in [0.4, 0.5) is 4.79 Å². The van der Waals surface area contributed by atoms with Gasteiger partial charge in [0, 0.05) is 36.6 Å². The fraction of sp³-hybridized carbons (Fsp3) is 0.375. The first kappa shape index (κ1) is 15.7. The summed E-state index contributed by atoms with van der Waals surface area (Å²) in [5.41, 5.74) is 0.628. The zero-order valence-electron chi connectivity index (χ0n) is 12.8. The van der Waals surface area contributed by atoms with Gasteiger partial charge in [-0.25, -0.2) is 4.79 Å². The predicted molar refractivity (Wildman–Crippen MR) is 85.7 cm³/mol. The van der Waals surface area contributed by atoms with Gasteiger partial charge in [0.05, 0.1) is 6.61 Å². The molecule has 1 aliphatic heterocycles. The van der Waals surface area contributed by atoms with E-state index >= 15 is 0 Å². The standard InChI is InChI=1S/C16H17ClN2O4/c1-2-22-16(21)19-7-5-18(6-8-19)15(20)14-10-11-9-12(17)3-4-13(11)23-14/h3-4,9-10H,2,5-8H2,1H3. The first-order valence-corrected chi connectivity index (χ1v) is 7.86. The van der Waals surface area contributed by atoms with E-state index in [1.165, 1.54) is 0 Å². The van der Waals surface area contributed by atoms with Crippen molar-refractivity contribution in [2.45, 2.75) is 6.92 Å². The number of nitrogens with zero attached hydrogens (tertiary/aromatic N) is 2. The van der Waals surface area contributed by atoms with Gasteiger partial charge < -0.3 is 19.0 Å². The Labute approximate surface area is 138 Å². The van der Waals surface area contributed by atoms with Crippen molar-refractivity contribution in [3.63, 3.8) is 0 Å². The molecule has 2 amide bonds. The molecule has 0 unspecified atom stereocenters. The van der Waals surface area contributed by atoms with Gasteiger partial charge in [-0.3, -0.25) is 4.79 Å². The van der Waals surface area contributed by atoms with Crippen LogP contribution in [-0.4, -0.2) is 54.6 Å². The predicted octanol–water partition coefficient (Wildman–Crippen LogP) is 3.00. The average Bonchev–Trinajstić information content (AvgIpc) is 2.97. The Balaban J connectivity index is 1.67. The van der Waals surface area contributed by atoms with Gasteiger partial charge in [-0.15, -0.1) is 0 Å². The molecule has 7 heteroatoms. The Morgan fingerprint density at radius 1 is 1.17 bits per heavy atom. The van der Waals surface area contributed by atoms with Crippen molar-refractivity contribution in [3.05, 3.63) is 35.0 Å². The Morgan fingerprint density at radius 2 is 1.87 bits per heavy atom. The van der Waals surface area contributed by atoms with Gasteiger partial charge in [-0.05, 0) is 31.2 Å². The summed E-state index contributed by atoms with van der Waals surface area (Å²) in [5, 5.41) is 1.39. The quantitative estimate of drug-likeness (QED) is 0.845. The van der Waals surface area contributed by atoms with Gasteiger partial charge in [0.1, 0.15) is 5.58 Å². The summed E-state index contributed by atoms with van der Waals surface area (Å²) < 4.78 is 10.6. The maximum atomic E-state index is 12.5. The molecule has 2 aromatic rings. The maximum Gasteiger partial charge on any atom is 0.409 e. The van der Waals surface area contributed by atoms with Gasteiger partial charge in [0.2, 0.25) is 0 Å². The lowest BCUT2D eigenvalue weighted by atomic mass is 10.2. The van der Waals surface area contributed by atoms with Gasteiger partial charge in [-0.2, -0.15) is 0 Å². The molecule has 23 heavy (non-hydrogen) atoms. The zero-order chi connectivity index (χ0) is 16.4. The number of amides is 2. The van der Waals surface area contributed by atoms with Crippen molar-refractivity contribution >= 4 is 34.6 Å². The number of ether oxygens (including phenoxy) is 1. The summed E-state index contributed by atoms with van der Waals surface area (Å²) in [4.78, 5) is 27.5. The number of benzene rings is 1. The molecule has 122 valence electrons. The van der Waals surface area contributed by atoms with E-state index in [1.54, 1.807) is 41.0 Å². The van der Waals surface area contributed by atoms with Crippen LogP contribution in [0.3, 0.4) is 0 Å². The van der Waals surface area contributed by atoms with Crippen LogP contribution in [0.15, 0.2) is 28.7 Å². The van der Waals surface area contributed by atoms with Crippen molar-refractivity contribution in [3.8, 4) is 0 Å². The van der Waals surface area contributed by atoms with E-state index in [4.69, 9.17) is 20.8 Å². The smallest absolute Gasteiger partial charge is 0.409 e. The summed E-state index contributed by atoms with van der Waals surface area (Å²) in [6.45, 7) is 3.93. The summed E-state index contributed by atoms with van der Waals surface area (Å²) >= 11 is 5.94. The Morgan fingerprint density at radius 3 is 2.57 bits per heavy atom. The van der Waals surface area contributed by atoms with E-state index in [2.05, 4.69) is 0 Å². The first-order chi connectivity index (χ1) is 11.1. The Kier molecular flexibility index (Phi) is 4.43. The minimum absolute atomic E-state index is 0.180. The third-order valence-corrected chi connectivity index (χ3v) is 4.02. The molecule has 0 saturated carbocycles. The third-order valence-electron chi connectivity index (χ3n) is 3.78. The number of halogens is 1. The lowest BCUT2D eigenvalue weighted by molar-refractivity contribution is 0.0548. The molecule has 1 saturated heterocycles. The van der Waals surface area contributed by atoms with Crippen molar-refractivity contribution in [1.82, 2.24) is 9.80 Å². The summed E-state index contributed by atoms with van der Waals surface area (Å²) in [7, 11) is 0. The average molecular weight is 337 g/mol. The Hall–Kier alpha value is -2.21. The molecule has 0 bridgehead atoms. The maximum absolute atomic E-state index is 12.5. The van der Waals surface area contributed by atoms with E-state index in [0.29, 0.717) is 43.4 Å². The third kappa shape index (κ3) is 3.27. The van der Waals surface area contributed by atoms with Gasteiger partial charge in [0.25, 0.3) is 5.91 Å². The first-order valence-electron chi connectivity index (χ1n) is 7.48. The molecule has 0 aliphatic carbocycles.